The van der Waals surface area contributed by atoms with Crippen molar-refractivity contribution in [2.45, 2.75) is 64.7 Å². The third-order valence-corrected chi connectivity index (χ3v) is 4.05. The van der Waals surface area contributed by atoms with E-state index in [1.807, 2.05) is 0 Å². The molecule has 0 bridgehead atoms. The molecule has 0 heterocycles. The Balaban J connectivity index is 1.79. The van der Waals surface area contributed by atoms with Crippen LogP contribution >= 0.6 is 0 Å². The first kappa shape index (κ1) is 12.6. The molecule has 2 fully saturated rings. The minimum absolute atomic E-state index is 0.149. The molecule has 17 heavy (non-hydrogen) atoms. The number of amides is 1. The summed E-state index contributed by atoms with van der Waals surface area (Å²) in [6.45, 7) is 2.26. The number of rotatable bonds is 2. The van der Waals surface area contributed by atoms with Crippen molar-refractivity contribution < 1.29 is 4.79 Å². The first-order chi connectivity index (χ1) is 8.25. The van der Waals surface area contributed by atoms with Crippen molar-refractivity contribution in [3.05, 3.63) is 0 Å². The lowest BCUT2D eigenvalue weighted by Gasteiger charge is -2.21. The van der Waals surface area contributed by atoms with Crippen LogP contribution in [0.15, 0.2) is 5.10 Å². The third-order valence-electron chi connectivity index (χ3n) is 4.05. The van der Waals surface area contributed by atoms with Gasteiger partial charge in [0.2, 0.25) is 5.91 Å². The molecule has 0 aromatic rings. The van der Waals surface area contributed by atoms with E-state index in [4.69, 9.17) is 0 Å². The standard InChI is InChI=1S/C14H24N2O/c1-11-6-5-9-13(10-11)15-16-14(17)12-7-3-2-4-8-12/h11-12H,2-10H2,1H3,(H,16,17)/b15-13+/t11-/m0/s1. The highest BCUT2D eigenvalue weighted by Crippen LogP contribution is 2.24. The minimum atomic E-state index is 0.149. The average Bonchev–Trinajstić information content (AvgIpc) is 2.37. The number of carbonyl (C=O) groups excluding carboxylic acids is 1. The molecule has 0 unspecified atom stereocenters. The zero-order valence-corrected chi connectivity index (χ0v) is 10.9. The summed E-state index contributed by atoms with van der Waals surface area (Å²) in [5, 5.41) is 4.33. The van der Waals surface area contributed by atoms with Crippen LogP contribution in [-0.2, 0) is 4.79 Å². The number of nitrogens with one attached hydrogen (secondary N) is 1. The van der Waals surface area contributed by atoms with Gasteiger partial charge in [-0.3, -0.25) is 4.79 Å². The van der Waals surface area contributed by atoms with Crippen molar-refractivity contribution >= 4 is 11.6 Å². The fraction of sp³-hybridized carbons (Fsp3) is 0.857. The van der Waals surface area contributed by atoms with Crippen molar-refractivity contribution in [1.29, 1.82) is 0 Å². The fourth-order valence-electron chi connectivity index (χ4n) is 2.95. The molecule has 0 aromatic carbocycles. The maximum absolute atomic E-state index is 11.9. The summed E-state index contributed by atoms with van der Waals surface area (Å²) in [6, 6.07) is 0. The Morgan fingerprint density at radius 3 is 2.65 bits per heavy atom. The zero-order valence-electron chi connectivity index (χ0n) is 10.9. The molecule has 96 valence electrons. The third kappa shape index (κ3) is 3.83. The summed E-state index contributed by atoms with van der Waals surface area (Å²) in [7, 11) is 0. The van der Waals surface area contributed by atoms with Crippen LogP contribution in [0.3, 0.4) is 0 Å². The van der Waals surface area contributed by atoms with Gasteiger partial charge in [0, 0.05) is 11.6 Å². The molecule has 0 aliphatic heterocycles. The van der Waals surface area contributed by atoms with Gasteiger partial charge in [-0.1, -0.05) is 26.2 Å². The molecule has 0 aromatic heterocycles. The van der Waals surface area contributed by atoms with E-state index in [0.29, 0.717) is 0 Å². The van der Waals surface area contributed by atoms with Crippen LogP contribution < -0.4 is 5.43 Å². The highest BCUT2D eigenvalue weighted by molar-refractivity contribution is 5.87. The quantitative estimate of drug-likeness (QED) is 0.735. The molecule has 2 rings (SSSR count). The highest BCUT2D eigenvalue weighted by atomic mass is 16.2. The van der Waals surface area contributed by atoms with Crippen LogP contribution in [0.4, 0.5) is 0 Å². The minimum Gasteiger partial charge on any atom is -0.273 e. The Kier molecular flexibility index (Phi) is 4.57. The van der Waals surface area contributed by atoms with Crippen LogP contribution in [0, 0.1) is 11.8 Å². The summed E-state index contributed by atoms with van der Waals surface area (Å²) in [4.78, 5) is 11.9. The number of carbonyl (C=O) groups is 1. The van der Waals surface area contributed by atoms with E-state index >= 15 is 0 Å². The normalized spacial score (nSPS) is 29.2. The molecule has 2 aliphatic carbocycles. The number of hydrazone groups is 1. The molecule has 0 saturated heterocycles. The van der Waals surface area contributed by atoms with Gasteiger partial charge in [-0.25, -0.2) is 5.43 Å². The van der Waals surface area contributed by atoms with Gasteiger partial charge in [-0.15, -0.1) is 0 Å². The van der Waals surface area contributed by atoms with Crippen LogP contribution in [0.1, 0.15) is 64.7 Å². The van der Waals surface area contributed by atoms with Crippen LogP contribution in [0.25, 0.3) is 0 Å². The van der Waals surface area contributed by atoms with Gasteiger partial charge in [0.15, 0.2) is 0 Å². The monoisotopic (exact) mass is 236 g/mol. The Hall–Kier alpha value is -0.860. The van der Waals surface area contributed by atoms with Crippen molar-refractivity contribution in [2.24, 2.45) is 16.9 Å². The lowest BCUT2D eigenvalue weighted by Crippen LogP contribution is -2.29. The molecule has 2 aliphatic rings. The van der Waals surface area contributed by atoms with Crippen molar-refractivity contribution in [2.75, 3.05) is 0 Å². The van der Waals surface area contributed by atoms with Crippen LogP contribution in [-0.4, -0.2) is 11.6 Å². The Bertz CT molecular complexity index is 293. The van der Waals surface area contributed by atoms with E-state index in [2.05, 4.69) is 17.5 Å². The molecule has 1 N–H and O–H groups in total. The second-order valence-corrected chi connectivity index (χ2v) is 5.69. The zero-order chi connectivity index (χ0) is 12.1. The van der Waals surface area contributed by atoms with E-state index in [-0.39, 0.29) is 11.8 Å². The van der Waals surface area contributed by atoms with Gasteiger partial charge in [-0.2, -0.15) is 5.10 Å². The predicted molar refractivity (Wildman–Crippen MR) is 69.8 cm³/mol. The molecule has 3 nitrogen and oxygen atoms in total. The molecule has 1 amide bonds. The van der Waals surface area contributed by atoms with Gasteiger partial charge >= 0.3 is 0 Å². The van der Waals surface area contributed by atoms with Gasteiger partial charge in [-0.05, 0) is 44.4 Å². The molecule has 3 heteroatoms. The van der Waals surface area contributed by atoms with E-state index in [0.717, 1.165) is 31.6 Å². The number of hydrogen-bond acceptors (Lipinski definition) is 2. The van der Waals surface area contributed by atoms with Gasteiger partial charge < -0.3 is 0 Å². The topological polar surface area (TPSA) is 41.5 Å². The van der Waals surface area contributed by atoms with Crippen molar-refractivity contribution in [3.63, 3.8) is 0 Å². The van der Waals surface area contributed by atoms with Crippen molar-refractivity contribution in [1.82, 2.24) is 5.43 Å². The second kappa shape index (κ2) is 6.18. The van der Waals surface area contributed by atoms with Crippen molar-refractivity contribution in [3.8, 4) is 0 Å². The van der Waals surface area contributed by atoms with Gasteiger partial charge in [0.1, 0.15) is 0 Å². The largest absolute Gasteiger partial charge is 0.273 e. The van der Waals surface area contributed by atoms with Crippen LogP contribution in [0.5, 0.6) is 0 Å². The number of hydrogen-bond donors (Lipinski definition) is 1. The molecule has 2 saturated carbocycles. The summed E-state index contributed by atoms with van der Waals surface area (Å²) < 4.78 is 0. The second-order valence-electron chi connectivity index (χ2n) is 5.69. The first-order valence-corrected chi connectivity index (χ1v) is 7.11. The highest BCUT2D eigenvalue weighted by Gasteiger charge is 2.21. The predicted octanol–water partition coefficient (Wildman–Crippen LogP) is 3.25. The fourth-order valence-corrected chi connectivity index (χ4v) is 2.95. The lowest BCUT2D eigenvalue weighted by molar-refractivity contribution is -0.125. The van der Waals surface area contributed by atoms with E-state index < -0.39 is 0 Å². The Morgan fingerprint density at radius 1 is 1.18 bits per heavy atom. The van der Waals surface area contributed by atoms with E-state index in [9.17, 15) is 4.79 Å². The summed E-state index contributed by atoms with van der Waals surface area (Å²) in [5.74, 6) is 1.10. The summed E-state index contributed by atoms with van der Waals surface area (Å²) >= 11 is 0. The SMILES string of the molecule is C[C@H]1CCC/C(=N\NC(=O)C2CCCCC2)C1. The van der Waals surface area contributed by atoms with E-state index in [1.165, 1.54) is 37.8 Å². The molecular formula is C14H24N2O. The first-order valence-electron chi connectivity index (χ1n) is 7.11. The number of nitrogens with zero attached hydrogens (tertiary/aromatic N) is 1. The summed E-state index contributed by atoms with van der Waals surface area (Å²) in [6.07, 6.45) is 10.4. The Morgan fingerprint density at radius 2 is 1.94 bits per heavy atom. The smallest absolute Gasteiger partial charge is 0.243 e. The summed E-state index contributed by atoms with van der Waals surface area (Å²) in [5.41, 5.74) is 3.98. The van der Waals surface area contributed by atoms with Gasteiger partial charge in [0.05, 0.1) is 0 Å². The molecule has 0 spiro atoms. The maximum atomic E-state index is 11.9. The molecule has 1 atom stereocenters. The van der Waals surface area contributed by atoms with Gasteiger partial charge in [0.25, 0.3) is 0 Å². The molecule has 0 radical (unpaired) electrons. The maximum Gasteiger partial charge on any atom is 0.243 e. The van der Waals surface area contributed by atoms with E-state index in [1.54, 1.807) is 0 Å². The Labute approximate surface area is 104 Å². The van der Waals surface area contributed by atoms with Crippen LogP contribution in [0.2, 0.25) is 0 Å². The average molecular weight is 236 g/mol. The lowest BCUT2D eigenvalue weighted by atomic mass is 9.89. The molecular weight excluding hydrogens is 212 g/mol.